The fourth-order valence-electron chi connectivity index (χ4n) is 4.00. The molecular formula is C22H20N4O6. The minimum Gasteiger partial charge on any atom is -0.497 e. The minimum atomic E-state index is -1.47. The van der Waals surface area contributed by atoms with Gasteiger partial charge >= 0.3 is 6.03 Å². The molecule has 1 atom stereocenters. The van der Waals surface area contributed by atoms with Crippen LogP contribution in [0.4, 0.5) is 4.79 Å². The smallest absolute Gasteiger partial charge is 0.322 e. The van der Waals surface area contributed by atoms with Gasteiger partial charge in [-0.15, -0.1) is 0 Å². The number of fused-ring (bicyclic) bond motifs is 2. The van der Waals surface area contributed by atoms with Crippen molar-refractivity contribution in [3.63, 3.8) is 0 Å². The number of carbonyl (C=O) groups excluding carboxylic acids is 3. The van der Waals surface area contributed by atoms with Crippen LogP contribution in [0.25, 0.3) is 11.1 Å². The van der Waals surface area contributed by atoms with Crippen LogP contribution in [0.15, 0.2) is 40.9 Å². The number of carbonyl (C=O) groups is 3. The third-order valence-corrected chi connectivity index (χ3v) is 5.67. The maximum absolute atomic E-state index is 12.9. The topological polar surface area (TPSA) is 123 Å². The van der Waals surface area contributed by atoms with Gasteiger partial charge in [0, 0.05) is 41.9 Å². The molecule has 2 aliphatic rings. The van der Waals surface area contributed by atoms with Gasteiger partial charge in [0.05, 0.1) is 7.11 Å². The van der Waals surface area contributed by atoms with E-state index in [0.29, 0.717) is 29.0 Å². The molecule has 4 heterocycles. The number of Topliss-reactive ketones (excluding diaryl/α,β-unsaturated/α-hetero) is 1. The molecule has 10 nitrogen and oxygen atoms in total. The van der Waals surface area contributed by atoms with Gasteiger partial charge in [0.15, 0.2) is 11.3 Å². The Hall–Kier alpha value is -3.92. The van der Waals surface area contributed by atoms with Gasteiger partial charge in [-0.2, -0.15) is 0 Å². The van der Waals surface area contributed by atoms with E-state index in [0.717, 1.165) is 5.56 Å². The number of methoxy groups -OCH3 is 1. The average molecular weight is 436 g/mol. The normalized spacial score (nSPS) is 20.4. The van der Waals surface area contributed by atoms with E-state index in [2.05, 4.69) is 15.6 Å². The lowest BCUT2D eigenvalue weighted by Gasteiger charge is -2.34. The van der Waals surface area contributed by atoms with Gasteiger partial charge in [-0.1, -0.05) is 6.07 Å². The van der Waals surface area contributed by atoms with Crippen molar-refractivity contribution in [2.75, 3.05) is 20.4 Å². The molecule has 1 aromatic carbocycles. The Morgan fingerprint density at radius 2 is 2.12 bits per heavy atom. The van der Waals surface area contributed by atoms with E-state index < -0.39 is 17.5 Å². The Morgan fingerprint density at radius 1 is 1.28 bits per heavy atom. The number of nitrogens with one attached hydrogen (secondary N) is 2. The first-order valence-corrected chi connectivity index (χ1v) is 9.94. The van der Waals surface area contributed by atoms with Crippen molar-refractivity contribution in [2.45, 2.75) is 19.0 Å². The van der Waals surface area contributed by atoms with Crippen LogP contribution in [-0.2, 0) is 16.9 Å². The highest BCUT2D eigenvalue weighted by atomic mass is 16.5. The van der Waals surface area contributed by atoms with Crippen molar-refractivity contribution in [3.05, 3.63) is 53.4 Å². The van der Waals surface area contributed by atoms with Crippen molar-refractivity contribution in [3.8, 4) is 11.5 Å². The van der Waals surface area contributed by atoms with Crippen LogP contribution in [0.3, 0.4) is 0 Å². The molecule has 0 saturated carbocycles. The number of urea groups is 1. The van der Waals surface area contributed by atoms with Crippen molar-refractivity contribution < 1.29 is 28.3 Å². The maximum Gasteiger partial charge on any atom is 0.322 e. The predicted molar refractivity (Wildman–Crippen MR) is 111 cm³/mol. The number of pyridine rings is 1. The Bertz CT molecular complexity index is 1270. The zero-order valence-corrected chi connectivity index (χ0v) is 17.4. The molecule has 0 spiro atoms. The number of ketones is 1. The molecule has 3 amide bonds. The number of hydrogen-bond donors (Lipinski definition) is 2. The lowest BCUT2D eigenvalue weighted by molar-refractivity contribution is -0.126. The molecule has 1 fully saturated rings. The highest BCUT2D eigenvalue weighted by Gasteiger charge is 2.52. The number of aromatic nitrogens is 1. The monoisotopic (exact) mass is 436 g/mol. The summed E-state index contributed by atoms with van der Waals surface area (Å²) in [6.07, 6.45) is 1.42. The Morgan fingerprint density at radius 3 is 2.84 bits per heavy atom. The van der Waals surface area contributed by atoms with Crippen molar-refractivity contribution in [1.29, 1.82) is 0 Å². The first-order valence-electron chi connectivity index (χ1n) is 9.94. The van der Waals surface area contributed by atoms with E-state index in [1.54, 1.807) is 19.2 Å². The fraction of sp³-hybridized carbons (Fsp3) is 0.273. The van der Waals surface area contributed by atoms with E-state index in [-0.39, 0.29) is 30.5 Å². The second-order valence-electron chi connectivity index (χ2n) is 7.83. The molecular weight excluding hydrogens is 416 g/mol. The summed E-state index contributed by atoms with van der Waals surface area (Å²) in [5.74, 6) is 0.957. The van der Waals surface area contributed by atoms with Gasteiger partial charge in [0.2, 0.25) is 5.71 Å². The van der Waals surface area contributed by atoms with Gasteiger partial charge < -0.3 is 19.2 Å². The van der Waals surface area contributed by atoms with E-state index >= 15 is 0 Å². The molecule has 164 valence electrons. The number of benzene rings is 1. The van der Waals surface area contributed by atoms with Crippen LogP contribution in [-0.4, -0.2) is 48.0 Å². The number of imide groups is 1. The number of ether oxygens (including phenoxy) is 2. The van der Waals surface area contributed by atoms with Crippen LogP contribution in [0.2, 0.25) is 0 Å². The molecule has 0 bridgehead atoms. The van der Waals surface area contributed by atoms with Gasteiger partial charge in [0.1, 0.15) is 24.0 Å². The first-order chi connectivity index (χ1) is 15.4. The zero-order chi connectivity index (χ0) is 22.5. The van der Waals surface area contributed by atoms with Gasteiger partial charge in [-0.25, -0.2) is 9.78 Å². The van der Waals surface area contributed by atoms with Crippen molar-refractivity contribution in [2.24, 2.45) is 0 Å². The number of hydrogen-bond acceptors (Lipinski definition) is 8. The second kappa shape index (κ2) is 7.34. The van der Waals surface area contributed by atoms with Crippen LogP contribution in [0.1, 0.15) is 28.6 Å². The van der Waals surface area contributed by atoms with E-state index in [1.165, 1.54) is 13.1 Å². The van der Waals surface area contributed by atoms with Crippen LogP contribution < -0.4 is 20.1 Å². The highest BCUT2D eigenvalue weighted by Crippen LogP contribution is 2.34. The van der Waals surface area contributed by atoms with Crippen LogP contribution in [0.5, 0.6) is 11.5 Å². The Balaban J connectivity index is 1.49. The predicted octanol–water partition coefficient (Wildman–Crippen LogP) is 1.93. The second-order valence-corrected chi connectivity index (χ2v) is 7.83. The number of furan rings is 1. The minimum absolute atomic E-state index is 0.107. The van der Waals surface area contributed by atoms with Gasteiger partial charge in [-0.05, 0) is 25.1 Å². The van der Waals surface area contributed by atoms with E-state index in [1.807, 2.05) is 23.1 Å². The molecule has 0 radical (unpaired) electrons. The van der Waals surface area contributed by atoms with Gasteiger partial charge in [0.25, 0.3) is 5.91 Å². The Labute approximate surface area is 182 Å². The standard InChI is InChI=1S/C22H20N4O6/c1-12(27)15-5-14-6-18(32-19(14)23-8-15)22(20(28)24-21(29)25-22)10-26-9-13-3-4-16(30-2)7-17(13)31-11-26/h3-8H,9-11H2,1-2H3,(H2,24,25,28,29)/t22-/m0/s1. The van der Waals surface area contributed by atoms with Crippen LogP contribution in [0, 0.1) is 0 Å². The fourth-order valence-corrected chi connectivity index (χ4v) is 4.00. The van der Waals surface area contributed by atoms with Crippen molar-refractivity contribution >= 4 is 28.8 Å². The summed E-state index contributed by atoms with van der Waals surface area (Å²) >= 11 is 0. The third kappa shape index (κ3) is 3.25. The van der Waals surface area contributed by atoms with E-state index in [9.17, 15) is 14.4 Å². The summed E-state index contributed by atoms with van der Waals surface area (Å²) in [5.41, 5.74) is 0.150. The largest absolute Gasteiger partial charge is 0.497 e. The molecule has 5 rings (SSSR count). The molecule has 2 N–H and O–H groups in total. The highest BCUT2D eigenvalue weighted by molar-refractivity contribution is 6.07. The lowest BCUT2D eigenvalue weighted by atomic mass is 9.94. The summed E-state index contributed by atoms with van der Waals surface area (Å²) in [4.78, 5) is 42.8. The summed E-state index contributed by atoms with van der Waals surface area (Å²) in [5, 5.41) is 5.58. The summed E-state index contributed by atoms with van der Waals surface area (Å²) in [7, 11) is 1.59. The maximum atomic E-state index is 12.9. The quantitative estimate of drug-likeness (QED) is 0.459. The molecule has 32 heavy (non-hydrogen) atoms. The molecule has 3 aromatic rings. The molecule has 0 aliphatic carbocycles. The van der Waals surface area contributed by atoms with Crippen molar-refractivity contribution in [1.82, 2.24) is 20.5 Å². The molecule has 1 saturated heterocycles. The average Bonchev–Trinajstić information content (AvgIpc) is 3.33. The number of amides is 3. The van der Waals surface area contributed by atoms with Gasteiger partial charge in [-0.3, -0.25) is 19.8 Å². The number of nitrogens with zero attached hydrogens (tertiary/aromatic N) is 2. The zero-order valence-electron chi connectivity index (χ0n) is 17.4. The third-order valence-electron chi connectivity index (χ3n) is 5.67. The molecule has 2 aliphatic heterocycles. The van der Waals surface area contributed by atoms with Crippen LogP contribution >= 0.6 is 0 Å². The number of rotatable bonds is 5. The molecule has 0 unspecified atom stereocenters. The summed E-state index contributed by atoms with van der Waals surface area (Å²) in [6.45, 7) is 2.25. The first kappa shape index (κ1) is 20.0. The van der Waals surface area contributed by atoms with E-state index in [4.69, 9.17) is 13.9 Å². The summed E-state index contributed by atoms with van der Waals surface area (Å²) in [6, 6.07) is 8.20. The molecule has 2 aromatic heterocycles. The molecule has 10 heteroatoms. The lowest BCUT2D eigenvalue weighted by Crippen LogP contribution is -2.53. The SMILES string of the molecule is COc1ccc2c(c1)OCN(C[C@@]1(c3cc4cc(C(C)=O)cnc4o3)NC(=O)NC1=O)C2. The Kier molecular flexibility index (Phi) is 4.59. The summed E-state index contributed by atoms with van der Waals surface area (Å²) < 4.78 is 17.0.